The molecule has 0 aromatic carbocycles. The van der Waals surface area contributed by atoms with Crippen molar-refractivity contribution in [3.63, 3.8) is 0 Å². The van der Waals surface area contributed by atoms with Crippen LogP contribution >= 0.6 is 11.6 Å². The summed E-state index contributed by atoms with van der Waals surface area (Å²) in [6, 6.07) is 0.526. The minimum atomic E-state index is 0.229. The molecule has 0 spiro atoms. The number of nitrogens with one attached hydrogen (secondary N) is 1. The first-order valence-electron chi connectivity index (χ1n) is 5.92. The quantitative estimate of drug-likeness (QED) is 0.834. The average molecular weight is 268 g/mol. The first-order chi connectivity index (χ1) is 8.79. The SMILES string of the molecule is COCCN(c1nc(Cl)nc2nc[nH]c12)C1CC1. The topological polar surface area (TPSA) is 66.9 Å². The van der Waals surface area contributed by atoms with Gasteiger partial charge in [0.2, 0.25) is 5.28 Å². The van der Waals surface area contributed by atoms with Gasteiger partial charge in [0.1, 0.15) is 5.52 Å². The minimum Gasteiger partial charge on any atom is -0.383 e. The fraction of sp³-hybridized carbons (Fsp3) is 0.545. The second-order valence-corrected chi connectivity index (χ2v) is 4.67. The van der Waals surface area contributed by atoms with Crippen molar-refractivity contribution in [3.05, 3.63) is 11.6 Å². The summed E-state index contributed by atoms with van der Waals surface area (Å²) in [4.78, 5) is 17.9. The zero-order valence-electron chi connectivity index (χ0n) is 10.1. The lowest BCUT2D eigenvalue weighted by Gasteiger charge is -2.23. The van der Waals surface area contributed by atoms with Crippen LogP contribution in [0, 0.1) is 0 Å². The lowest BCUT2D eigenvalue weighted by molar-refractivity contribution is 0.205. The maximum atomic E-state index is 5.95. The van der Waals surface area contributed by atoms with Gasteiger partial charge in [-0.1, -0.05) is 0 Å². The van der Waals surface area contributed by atoms with Crippen LogP contribution in [0.4, 0.5) is 5.82 Å². The van der Waals surface area contributed by atoms with Crippen LogP contribution in [0.15, 0.2) is 6.33 Å². The Hall–Kier alpha value is -1.40. The third kappa shape index (κ3) is 2.13. The van der Waals surface area contributed by atoms with Gasteiger partial charge >= 0.3 is 0 Å². The van der Waals surface area contributed by atoms with Crippen LogP contribution in [0.2, 0.25) is 5.28 Å². The van der Waals surface area contributed by atoms with Gasteiger partial charge in [0.25, 0.3) is 0 Å². The van der Waals surface area contributed by atoms with E-state index in [-0.39, 0.29) is 5.28 Å². The van der Waals surface area contributed by atoms with Crippen LogP contribution in [0.25, 0.3) is 11.2 Å². The normalized spacial score (nSPS) is 15.2. The van der Waals surface area contributed by atoms with Crippen LogP contribution in [-0.2, 0) is 4.74 Å². The van der Waals surface area contributed by atoms with Crippen LogP contribution in [-0.4, -0.2) is 46.2 Å². The maximum Gasteiger partial charge on any atom is 0.226 e. The molecule has 1 fully saturated rings. The van der Waals surface area contributed by atoms with E-state index in [1.807, 2.05) is 0 Å². The molecule has 7 heteroatoms. The molecule has 0 amide bonds. The molecule has 0 radical (unpaired) electrons. The molecule has 1 aliphatic rings. The van der Waals surface area contributed by atoms with Gasteiger partial charge in [0.05, 0.1) is 12.9 Å². The molecule has 0 bridgehead atoms. The number of nitrogens with zero attached hydrogens (tertiary/aromatic N) is 4. The second kappa shape index (κ2) is 4.70. The van der Waals surface area contributed by atoms with E-state index in [0.29, 0.717) is 18.3 Å². The molecule has 1 aliphatic carbocycles. The van der Waals surface area contributed by atoms with Crippen molar-refractivity contribution in [1.82, 2.24) is 19.9 Å². The van der Waals surface area contributed by atoms with Gasteiger partial charge < -0.3 is 14.6 Å². The van der Waals surface area contributed by atoms with Gasteiger partial charge in [-0.2, -0.15) is 9.97 Å². The number of halogens is 1. The molecular weight excluding hydrogens is 254 g/mol. The number of aromatic nitrogens is 4. The highest BCUT2D eigenvalue weighted by Gasteiger charge is 2.31. The van der Waals surface area contributed by atoms with E-state index in [2.05, 4.69) is 24.8 Å². The Morgan fingerprint density at radius 1 is 1.50 bits per heavy atom. The molecule has 2 aromatic heterocycles. The number of anilines is 1. The van der Waals surface area contributed by atoms with E-state index in [9.17, 15) is 0 Å². The van der Waals surface area contributed by atoms with Crippen LogP contribution in [0.1, 0.15) is 12.8 Å². The second-order valence-electron chi connectivity index (χ2n) is 4.33. The summed E-state index contributed by atoms with van der Waals surface area (Å²) >= 11 is 5.95. The van der Waals surface area contributed by atoms with Crippen LogP contribution < -0.4 is 4.90 Å². The first-order valence-corrected chi connectivity index (χ1v) is 6.29. The molecular formula is C11H14ClN5O. The van der Waals surface area contributed by atoms with Crippen molar-refractivity contribution in [3.8, 4) is 0 Å². The zero-order valence-corrected chi connectivity index (χ0v) is 10.8. The average Bonchev–Trinajstić information content (AvgIpc) is 3.08. The highest BCUT2D eigenvalue weighted by Crippen LogP contribution is 2.33. The van der Waals surface area contributed by atoms with E-state index in [0.717, 1.165) is 17.9 Å². The van der Waals surface area contributed by atoms with Crippen molar-refractivity contribution in [1.29, 1.82) is 0 Å². The van der Waals surface area contributed by atoms with Gasteiger partial charge in [0, 0.05) is 19.7 Å². The van der Waals surface area contributed by atoms with Gasteiger partial charge in [-0.3, -0.25) is 0 Å². The molecule has 1 saturated carbocycles. The summed E-state index contributed by atoms with van der Waals surface area (Å²) in [6.07, 6.45) is 3.97. The Labute approximate surface area is 109 Å². The smallest absolute Gasteiger partial charge is 0.226 e. The van der Waals surface area contributed by atoms with Gasteiger partial charge in [0.15, 0.2) is 11.5 Å². The van der Waals surface area contributed by atoms with Crippen molar-refractivity contribution >= 4 is 28.6 Å². The predicted octanol–water partition coefficient (Wildman–Crippen LogP) is 1.62. The molecule has 2 aromatic rings. The summed E-state index contributed by atoms with van der Waals surface area (Å²) in [5, 5.41) is 0.229. The van der Waals surface area contributed by atoms with E-state index < -0.39 is 0 Å². The fourth-order valence-electron chi connectivity index (χ4n) is 2.04. The van der Waals surface area contributed by atoms with E-state index in [1.165, 1.54) is 12.8 Å². The fourth-order valence-corrected chi connectivity index (χ4v) is 2.20. The molecule has 1 N–H and O–H groups in total. The van der Waals surface area contributed by atoms with E-state index in [1.54, 1.807) is 13.4 Å². The third-order valence-electron chi connectivity index (χ3n) is 3.04. The number of hydrogen-bond acceptors (Lipinski definition) is 5. The number of methoxy groups -OCH3 is 1. The maximum absolute atomic E-state index is 5.95. The first kappa shape index (κ1) is 11.7. The van der Waals surface area contributed by atoms with Gasteiger partial charge in [-0.05, 0) is 24.4 Å². The number of rotatable bonds is 5. The highest BCUT2D eigenvalue weighted by molar-refractivity contribution is 6.28. The monoisotopic (exact) mass is 267 g/mol. The lowest BCUT2D eigenvalue weighted by atomic mass is 10.4. The Balaban J connectivity index is 2.01. The van der Waals surface area contributed by atoms with Crippen molar-refractivity contribution in [2.24, 2.45) is 0 Å². The van der Waals surface area contributed by atoms with Crippen molar-refractivity contribution < 1.29 is 4.74 Å². The summed E-state index contributed by atoms with van der Waals surface area (Å²) in [5.41, 5.74) is 1.44. The molecule has 18 heavy (non-hydrogen) atoms. The Bertz CT molecular complexity index is 553. The Morgan fingerprint density at radius 2 is 2.33 bits per heavy atom. The van der Waals surface area contributed by atoms with Crippen LogP contribution in [0.3, 0.4) is 0 Å². The molecule has 96 valence electrons. The largest absolute Gasteiger partial charge is 0.383 e. The number of imidazole rings is 1. The van der Waals surface area contributed by atoms with Gasteiger partial charge in [-0.25, -0.2) is 4.98 Å². The molecule has 0 aliphatic heterocycles. The molecule has 3 rings (SSSR count). The number of H-pyrrole nitrogens is 1. The highest BCUT2D eigenvalue weighted by atomic mass is 35.5. The number of hydrogen-bond donors (Lipinski definition) is 1. The minimum absolute atomic E-state index is 0.229. The number of ether oxygens (including phenoxy) is 1. The summed E-state index contributed by atoms with van der Waals surface area (Å²) in [7, 11) is 1.70. The molecule has 0 atom stereocenters. The summed E-state index contributed by atoms with van der Waals surface area (Å²) in [6.45, 7) is 1.45. The molecule has 2 heterocycles. The third-order valence-corrected chi connectivity index (χ3v) is 3.20. The van der Waals surface area contributed by atoms with E-state index >= 15 is 0 Å². The number of aromatic amines is 1. The Morgan fingerprint density at radius 3 is 3.06 bits per heavy atom. The standard InChI is InChI=1S/C11H14ClN5O/c1-18-5-4-17(7-2-3-7)10-8-9(14-6-13-8)15-11(12)16-10/h6-7H,2-5H2,1H3,(H,13,14,15,16). The summed E-state index contributed by atoms with van der Waals surface area (Å²) in [5.74, 6) is 0.821. The van der Waals surface area contributed by atoms with E-state index in [4.69, 9.17) is 16.3 Å². The number of fused-ring (bicyclic) bond motifs is 1. The molecule has 6 nitrogen and oxygen atoms in total. The van der Waals surface area contributed by atoms with Crippen LogP contribution in [0.5, 0.6) is 0 Å². The van der Waals surface area contributed by atoms with Gasteiger partial charge in [-0.15, -0.1) is 0 Å². The predicted molar refractivity (Wildman–Crippen MR) is 68.9 cm³/mol. The zero-order chi connectivity index (χ0) is 12.5. The summed E-state index contributed by atoms with van der Waals surface area (Å²) < 4.78 is 5.15. The molecule has 0 saturated heterocycles. The Kier molecular flexibility index (Phi) is 3.05. The van der Waals surface area contributed by atoms with Crippen molar-refractivity contribution in [2.75, 3.05) is 25.2 Å². The van der Waals surface area contributed by atoms with Crippen molar-refractivity contribution in [2.45, 2.75) is 18.9 Å². The lowest BCUT2D eigenvalue weighted by Crippen LogP contribution is -2.30. The molecule has 0 unspecified atom stereocenters.